The van der Waals surface area contributed by atoms with Gasteiger partial charge < -0.3 is 15.1 Å². The fourth-order valence-corrected chi connectivity index (χ4v) is 2.52. The predicted octanol–water partition coefficient (Wildman–Crippen LogP) is 3.36. The van der Waals surface area contributed by atoms with E-state index in [1.165, 1.54) is 0 Å². The average molecular weight is 298 g/mol. The Bertz CT molecular complexity index is 819. The van der Waals surface area contributed by atoms with Crippen molar-refractivity contribution in [1.29, 1.82) is 0 Å². The van der Waals surface area contributed by atoms with Crippen molar-refractivity contribution in [1.82, 2.24) is 15.1 Å². The Morgan fingerprint density at radius 2 is 2.14 bits per heavy atom. The summed E-state index contributed by atoms with van der Waals surface area (Å²) in [6.45, 7) is 3.89. The fraction of sp³-hybridized carbons (Fsp3) is 0.250. The number of urea groups is 1. The summed E-state index contributed by atoms with van der Waals surface area (Å²) < 4.78 is 7.48. The second-order valence-electron chi connectivity index (χ2n) is 5.31. The monoisotopic (exact) mass is 298 g/mol. The minimum atomic E-state index is -0.291. The number of hydrogen-bond acceptors (Lipinski definition) is 3. The van der Waals surface area contributed by atoms with Gasteiger partial charge in [-0.25, -0.2) is 4.79 Å². The van der Waals surface area contributed by atoms with Crippen molar-refractivity contribution >= 4 is 22.7 Å². The lowest BCUT2D eigenvalue weighted by molar-refractivity contribution is 0.248. The molecular formula is C16H18N4O2. The van der Waals surface area contributed by atoms with Crippen LogP contribution in [-0.2, 0) is 7.05 Å². The lowest BCUT2D eigenvalue weighted by atomic mass is 10.1. The number of carbonyl (C=O) groups excluding carboxylic acids is 1. The summed E-state index contributed by atoms with van der Waals surface area (Å²) >= 11 is 0. The molecular weight excluding hydrogens is 280 g/mol. The van der Waals surface area contributed by atoms with Crippen LogP contribution < -0.4 is 10.6 Å². The second-order valence-corrected chi connectivity index (χ2v) is 5.31. The summed E-state index contributed by atoms with van der Waals surface area (Å²) in [5.41, 5.74) is 2.52. The van der Waals surface area contributed by atoms with Crippen molar-refractivity contribution in [2.75, 3.05) is 5.32 Å². The van der Waals surface area contributed by atoms with Crippen LogP contribution in [0.1, 0.15) is 24.3 Å². The van der Waals surface area contributed by atoms with Crippen LogP contribution in [0.2, 0.25) is 0 Å². The Labute approximate surface area is 128 Å². The molecule has 0 aliphatic carbocycles. The van der Waals surface area contributed by atoms with E-state index >= 15 is 0 Å². The largest absolute Gasteiger partial charge is 0.459 e. The van der Waals surface area contributed by atoms with Crippen molar-refractivity contribution in [2.45, 2.75) is 19.9 Å². The van der Waals surface area contributed by atoms with Gasteiger partial charge in [-0.05, 0) is 19.9 Å². The summed E-state index contributed by atoms with van der Waals surface area (Å²) in [6, 6.07) is 7.32. The quantitative estimate of drug-likeness (QED) is 0.778. The molecule has 1 aromatic carbocycles. The van der Waals surface area contributed by atoms with E-state index in [1.807, 2.05) is 38.1 Å². The second kappa shape index (κ2) is 5.55. The number of rotatable bonds is 3. The highest BCUT2D eigenvalue weighted by Gasteiger charge is 2.18. The van der Waals surface area contributed by atoms with Gasteiger partial charge in [-0.2, -0.15) is 5.10 Å². The van der Waals surface area contributed by atoms with Crippen LogP contribution in [0.25, 0.3) is 11.0 Å². The lowest BCUT2D eigenvalue weighted by Crippen LogP contribution is -2.31. The number of nitrogens with one attached hydrogen (secondary N) is 2. The molecule has 0 radical (unpaired) electrons. The molecule has 2 heterocycles. The average Bonchev–Trinajstić information content (AvgIpc) is 3.03. The third-order valence-corrected chi connectivity index (χ3v) is 3.58. The summed E-state index contributed by atoms with van der Waals surface area (Å²) in [5, 5.41) is 10.7. The molecule has 2 N–H and O–H groups in total. The minimum absolute atomic E-state index is 0.232. The Balaban J connectivity index is 1.74. The number of anilines is 1. The zero-order valence-electron chi connectivity index (χ0n) is 12.8. The molecule has 0 bridgehead atoms. The van der Waals surface area contributed by atoms with Gasteiger partial charge in [0.2, 0.25) is 0 Å². The molecule has 0 unspecified atom stereocenters. The van der Waals surface area contributed by atoms with Gasteiger partial charge >= 0.3 is 6.03 Å². The molecule has 3 rings (SSSR count). The van der Waals surface area contributed by atoms with Gasteiger partial charge in [-0.15, -0.1) is 0 Å². The Morgan fingerprint density at radius 3 is 2.82 bits per heavy atom. The van der Waals surface area contributed by atoms with E-state index in [0.717, 1.165) is 22.3 Å². The number of carbonyl (C=O) groups is 1. The molecule has 0 saturated carbocycles. The molecule has 1 atom stereocenters. The summed E-state index contributed by atoms with van der Waals surface area (Å²) in [4.78, 5) is 12.0. The fourth-order valence-electron chi connectivity index (χ4n) is 2.52. The highest BCUT2D eigenvalue weighted by molar-refractivity contribution is 5.89. The first kappa shape index (κ1) is 14.2. The van der Waals surface area contributed by atoms with E-state index in [0.29, 0.717) is 5.69 Å². The van der Waals surface area contributed by atoms with E-state index in [-0.39, 0.29) is 12.1 Å². The standard InChI is InChI=1S/C16H18N4O2/c1-10-13-6-4-5-7-14(13)22-15(10)11(2)18-16(21)19-12-8-17-20(3)9-12/h4-9,11H,1-3H3,(H2,18,19,21)/t11-/m0/s1. The molecule has 0 fully saturated rings. The number of amides is 2. The van der Waals surface area contributed by atoms with Crippen molar-refractivity contribution in [3.8, 4) is 0 Å². The molecule has 3 aromatic rings. The van der Waals surface area contributed by atoms with Crippen LogP contribution in [0.15, 0.2) is 41.1 Å². The highest BCUT2D eigenvalue weighted by atomic mass is 16.3. The molecule has 6 nitrogen and oxygen atoms in total. The molecule has 2 amide bonds. The van der Waals surface area contributed by atoms with Crippen LogP contribution in [0, 0.1) is 6.92 Å². The van der Waals surface area contributed by atoms with Gasteiger partial charge in [0.25, 0.3) is 0 Å². The van der Waals surface area contributed by atoms with Crippen molar-refractivity contribution in [3.05, 3.63) is 48.0 Å². The maximum absolute atomic E-state index is 12.0. The maximum Gasteiger partial charge on any atom is 0.319 e. The molecule has 6 heteroatoms. The van der Waals surface area contributed by atoms with E-state index < -0.39 is 0 Å². The van der Waals surface area contributed by atoms with Crippen molar-refractivity contribution in [3.63, 3.8) is 0 Å². The van der Waals surface area contributed by atoms with Crippen molar-refractivity contribution < 1.29 is 9.21 Å². The Hall–Kier alpha value is -2.76. The molecule has 0 spiro atoms. The maximum atomic E-state index is 12.0. The minimum Gasteiger partial charge on any atom is -0.459 e. The third kappa shape index (κ3) is 2.67. The van der Waals surface area contributed by atoms with E-state index in [4.69, 9.17) is 4.42 Å². The molecule has 0 aliphatic rings. The van der Waals surface area contributed by atoms with Crippen LogP contribution in [0.3, 0.4) is 0 Å². The van der Waals surface area contributed by atoms with Gasteiger partial charge in [0.05, 0.1) is 17.9 Å². The van der Waals surface area contributed by atoms with Crippen LogP contribution in [0.5, 0.6) is 0 Å². The summed E-state index contributed by atoms with van der Waals surface area (Å²) in [5.74, 6) is 0.766. The molecule has 0 saturated heterocycles. The van der Waals surface area contributed by atoms with Crippen LogP contribution >= 0.6 is 0 Å². The zero-order chi connectivity index (χ0) is 15.7. The molecule has 2 aromatic heterocycles. The first-order valence-corrected chi connectivity index (χ1v) is 7.09. The Kier molecular flexibility index (Phi) is 3.58. The van der Waals surface area contributed by atoms with Crippen LogP contribution in [-0.4, -0.2) is 15.8 Å². The Morgan fingerprint density at radius 1 is 1.36 bits per heavy atom. The predicted molar refractivity (Wildman–Crippen MR) is 84.7 cm³/mol. The van der Waals surface area contributed by atoms with Gasteiger partial charge in [0, 0.05) is 24.2 Å². The highest BCUT2D eigenvalue weighted by Crippen LogP contribution is 2.29. The molecule has 114 valence electrons. The van der Waals surface area contributed by atoms with E-state index in [9.17, 15) is 4.79 Å². The number of aryl methyl sites for hydroxylation is 2. The van der Waals surface area contributed by atoms with Gasteiger partial charge in [-0.1, -0.05) is 18.2 Å². The molecule has 22 heavy (non-hydrogen) atoms. The number of fused-ring (bicyclic) bond motifs is 1. The lowest BCUT2D eigenvalue weighted by Gasteiger charge is -2.12. The summed E-state index contributed by atoms with van der Waals surface area (Å²) in [7, 11) is 1.80. The number of furan rings is 1. The topological polar surface area (TPSA) is 72.1 Å². The molecule has 0 aliphatic heterocycles. The van der Waals surface area contributed by atoms with Crippen LogP contribution in [0.4, 0.5) is 10.5 Å². The normalized spacial score (nSPS) is 12.3. The number of hydrogen-bond donors (Lipinski definition) is 2. The van der Waals surface area contributed by atoms with E-state index in [2.05, 4.69) is 15.7 Å². The van der Waals surface area contributed by atoms with Gasteiger partial charge in [-0.3, -0.25) is 4.68 Å². The van der Waals surface area contributed by atoms with Crippen molar-refractivity contribution in [2.24, 2.45) is 7.05 Å². The summed E-state index contributed by atoms with van der Waals surface area (Å²) in [6.07, 6.45) is 3.33. The zero-order valence-corrected chi connectivity index (χ0v) is 12.8. The third-order valence-electron chi connectivity index (χ3n) is 3.58. The van der Waals surface area contributed by atoms with E-state index in [1.54, 1.807) is 24.1 Å². The SMILES string of the molecule is Cc1c([C@H](C)NC(=O)Nc2cnn(C)c2)oc2ccccc12. The van der Waals surface area contributed by atoms with Gasteiger partial charge in [0.1, 0.15) is 11.3 Å². The number of benzene rings is 1. The first-order valence-electron chi connectivity index (χ1n) is 7.09. The number of aromatic nitrogens is 2. The number of para-hydroxylation sites is 1. The smallest absolute Gasteiger partial charge is 0.319 e. The van der Waals surface area contributed by atoms with Gasteiger partial charge in [0.15, 0.2) is 0 Å². The first-order chi connectivity index (χ1) is 10.5. The number of nitrogens with zero attached hydrogens (tertiary/aromatic N) is 2.